The number of ether oxygens (including phenoxy) is 1. The summed E-state index contributed by atoms with van der Waals surface area (Å²) in [7, 11) is 0. The summed E-state index contributed by atoms with van der Waals surface area (Å²) in [5.74, 6) is 0.766. The van der Waals surface area contributed by atoms with Gasteiger partial charge in [-0.25, -0.2) is 0 Å². The molecule has 0 fully saturated rings. The molecule has 0 spiro atoms. The number of nitrogens with two attached hydrogens (primary N) is 1. The zero-order valence-corrected chi connectivity index (χ0v) is 11.8. The zero-order valence-electron chi connectivity index (χ0n) is 11.0. The molecule has 0 aliphatic heterocycles. The molecule has 2 aromatic carbocycles. The van der Waals surface area contributed by atoms with E-state index in [0.717, 1.165) is 23.3 Å². The third kappa shape index (κ3) is 3.72. The molecule has 0 aliphatic carbocycles. The highest BCUT2D eigenvalue weighted by molar-refractivity contribution is 6.31. The van der Waals surface area contributed by atoms with Gasteiger partial charge in [0.2, 0.25) is 0 Å². The summed E-state index contributed by atoms with van der Waals surface area (Å²) in [6.07, 6.45) is 1.05. The van der Waals surface area contributed by atoms with Crippen LogP contribution < -0.4 is 10.5 Å². The van der Waals surface area contributed by atoms with E-state index in [1.807, 2.05) is 18.2 Å². The van der Waals surface area contributed by atoms with Crippen LogP contribution in [0.1, 0.15) is 23.6 Å². The van der Waals surface area contributed by atoms with Crippen LogP contribution in [0.5, 0.6) is 5.75 Å². The number of aryl methyl sites for hydroxylation is 1. The second-order valence-electron chi connectivity index (χ2n) is 4.42. The quantitative estimate of drug-likeness (QED) is 0.897. The van der Waals surface area contributed by atoms with Crippen LogP contribution in [0.15, 0.2) is 42.5 Å². The molecule has 19 heavy (non-hydrogen) atoms. The minimum Gasteiger partial charge on any atom is -0.489 e. The summed E-state index contributed by atoms with van der Waals surface area (Å²) in [5, 5.41) is 0.654. The Morgan fingerprint density at radius 1 is 1.05 bits per heavy atom. The van der Waals surface area contributed by atoms with E-state index >= 15 is 0 Å². The summed E-state index contributed by atoms with van der Waals surface area (Å²) in [6.45, 7) is 3.13. The summed E-state index contributed by atoms with van der Waals surface area (Å²) in [5.41, 5.74) is 8.98. The first-order chi connectivity index (χ1) is 9.22. The van der Waals surface area contributed by atoms with Crippen molar-refractivity contribution in [1.29, 1.82) is 0 Å². The van der Waals surface area contributed by atoms with Gasteiger partial charge in [0.25, 0.3) is 0 Å². The summed E-state index contributed by atoms with van der Waals surface area (Å²) >= 11 is 6.09. The second kappa shape index (κ2) is 6.60. The van der Waals surface area contributed by atoms with E-state index in [4.69, 9.17) is 22.1 Å². The highest BCUT2D eigenvalue weighted by atomic mass is 35.5. The number of rotatable bonds is 5. The van der Waals surface area contributed by atoms with E-state index in [1.165, 1.54) is 5.56 Å². The third-order valence-corrected chi connectivity index (χ3v) is 3.43. The first-order valence-corrected chi connectivity index (χ1v) is 6.80. The fourth-order valence-electron chi connectivity index (χ4n) is 1.82. The van der Waals surface area contributed by atoms with Gasteiger partial charge in [0.05, 0.1) is 0 Å². The molecule has 0 aliphatic rings. The molecule has 100 valence electrons. The minimum atomic E-state index is 0.442. The largest absolute Gasteiger partial charge is 0.489 e. The first kappa shape index (κ1) is 13.9. The molecule has 2 nitrogen and oxygen atoms in total. The van der Waals surface area contributed by atoms with Crippen LogP contribution in [0.4, 0.5) is 0 Å². The molecule has 0 aromatic heterocycles. The van der Waals surface area contributed by atoms with Crippen LogP contribution in [-0.4, -0.2) is 0 Å². The highest BCUT2D eigenvalue weighted by Crippen LogP contribution is 2.23. The maximum Gasteiger partial charge on any atom is 0.121 e. The molecule has 0 amide bonds. The third-order valence-electron chi connectivity index (χ3n) is 3.08. The standard InChI is InChI=1S/C16H18ClNO/c1-2-12-3-5-13(6-4-12)11-19-15-8-7-14(10-18)16(17)9-15/h3-9H,2,10-11,18H2,1H3. The molecule has 2 aromatic rings. The normalized spacial score (nSPS) is 10.5. The average Bonchev–Trinajstić information content (AvgIpc) is 2.46. The van der Waals surface area contributed by atoms with Crippen molar-refractivity contribution in [2.24, 2.45) is 5.73 Å². The van der Waals surface area contributed by atoms with Crippen molar-refractivity contribution in [3.05, 3.63) is 64.2 Å². The van der Waals surface area contributed by atoms with Gasteiger partial charge in [-0.05, 0) is 35.2 Å². The monoisotopic (exact) mass is 275 g/mol. The summed E-state index contributed by atoms with van der Waals surface area (Å²) in [4.78, 5) is 0. The van der Waals surface area contributed by atoms with Gasteiger partial charge < -0.3 is 10.5 Å². The molecular formula is C16H18ClNO. The Balaban J connectivity index is 1.99. The smallest absolute Gasteiger partial charge is 0.121 e. The first-order valence-electron chi connectivity index (χ1n) is 6.42. The Bertz CT molecular complexity index is 537. The predicted molar refractivity (Wildman–Crippen MR) is 79.5 cm³/mol. The molecule has 0 saturated heterocycles. The van der Waals surface area contributed by atoms with Gasteiger partial charge in [-0.1, -0.05) is 48.9 Å². The van der Waals surface area contributed by atoms with E-state index in [0.29, 0.717) is 18.2 Å². The van der Waals surface area contributed by atoms with Crippen LogP contribution in [0.3, 0.4) is 0 Å². The van der Waals surface area contributed by atoms with Crippen LogP contribution >= 0.6 is 11.6 Å². The van der Waals surface area contributed by atoms with Gasteiger partial charge in [0, 0.05) is 11.6 Å². The molecule has 3 heteroatoms. The lowest BCUT2D eigenvalue weighted by atomic mass is 10.1. The van der Waals surface area contributed by atoms with Crippen molar-refractivity contribution in [1.82, 2.24) is 0 Å². The lowest BCUT2D eigenvalue weighted by Crippen LogP contribution is -1.99. The van der Waals surface area contributed by atoms with Crippen LogP contribution in [0.25, 0.3) is 0 Å². The van der Waals surface area contributed by atoms with Crippen molar-refractivity contribution < 1.29 is 4.74 Å². The topological polar surface area (TPSA) is 35.2 Å². The van der Waals surface area contributed by atoms with E-state index in [-0.39, 0.29) is 0 Å². The molecular weight excluding hydrogens is 258 g/mol. The molecule has 0 radical (unpaired) electrons. The number of benzene rings is 2. The van der Waals surface area contributed by atoms with Crippen molar-refractivity contribution in [2.45, 2.75) is 26.5 Å². The average molecular weight is 276 g/mol. The van der Waals surface area contributed by atoms with Gasteiger partial charge in [-0.3, -0.25) is 0 Å². The molecule has 2 N–H and O–H groups in total. The van der Waals surface area contributed by atoms with E-state index in [9.17, 15) is 0 Å². The van der Waals surface area contributed by atoms with Crippen molar-refractivity contribution in [2.75, 3.05) is 0 Å². The van der Waals surface area contributed by atoms with E-state index in [1.54, 1.807) is 0 Å². The van der Waals surface area contributed by atoms with Crippen molar-refractivity contribution >= 4 is 11.6 Å². The molecule has 0 unspecified atom stereocenters. The number of hydrogen-bond acceptors (Lipinski definition) is 2. The molecule has 2 rings (SSSR count). The SMILES string of the molecule is CCc1ccc(COc2ccc(CN)c(Cl)c2)cc1. The molecule has 0 bridgehead atoms. The van der Waals surface area contributed by atoms with Crippen LogP contribution in [0, 0.1) is 0 Å². The number of halogens is 1. The van der Waals surface area contributed by atoms with Gasteiger partial charge in [0.1, 0.15) is 12.4 Å². The zero-order chi connectivity index (χ0) is 13.7. The van der Waals surface area contributed by atoms with Crippen LogP contribution in [-0.2, 0) is 19.6 Å². The molecule has 0 atom stereocenters. The van der Waals surface area contributed by atoms with E-state index in [2.05, 4.69) is 31.2 Å². The minimum absolute atomic E-state index is 0.442. The summed E-state index contributed by atoms with van der Waals surface area (Å²) in [6, 6.07) is 14.0. The lowest BCUT2D eigenvalue weighted by Gasteiger charge is -2.09. The number of hydrogen-bond donors (Lipinski definition) is 1. The van der Waals surface area contributed by atoms with Crippen molar-refractivity contribution in [3.63, 3.8) is 0 Å². The second-order valence-corrected chi connectivity index (χ2v) is 4.82. The highest BCUT2D eigenvalue weighted by Gasteiger charge is 2.02. The Labute approximate surface area is 119 Å². The Morgan fingerprint density at radius 2 is 1.74 bits per heavy atom. The fraction of sp³-hybridized carbons (Fsp3) is 0.250. The Hall–Kier alpha value is -1.51. The maximum absolute atomic E-state index is 6.09. The van der Waals surface area contributed by atoms with Gasteiger partial charge in [-0.2, -0.15) is 0 Å². The molecule has 0 heterocycles. The van der Waals surface area contributed by atoms with Crippen LogP contribution in [0.2, 0.25) is 5.02 Å². The van der Waals surface area contributed by atoms with E-state index < -0.39 is 0 Å². The predicted octanol–water partition coefficient (Wildman–Crippen LogP) is 3.94. The summed E-state index contributed by atoms with van der Waals surface area (Å²) < 4.78 is 5.72. The fourth-order valence-corrected chi connectivity index (χ4v) is 2.07. The maximum atomic E-state index is 6.09. The van der Waals surface area contributed by atoms with Gasteiger partial charge in [-0.15, -0.1) is 0 Å². The van der Waals surface area contributed by atoms with Crippen molar-refractivity contribution in [3.8, 4) is 5.75 Å². The Kier molecular flexibility index (Phi) is 4.83. The van der Waals surface area contributed by atoms with Gasteiger partial charge >= 0.3 is 0 Å². The van der Waals surface area contributed by atoms with Gasteiger partial charge in [0.15, 0.2) is 0 Å². The lowest BCUT2D eigenvalue weighted by molar-refractivity contribution is 0.306. The molecule has 0 saturated carbocycles. The Morgan fingerprint density at radius 3 is 2.32 bits per heavy atom.